The Morgan fingerprint density at radius 3 is 2.26 bits per heavy atom. The van der Waals surface area contributed by atoms with Crippen molar-refractivity contribution in [3.8, 4) is 0 Å². The third kappa shape index (κ3) is 4.26. The summed E-state index contributed by atoms with van der Waals surface area (Å²) in [6.07, 6.45) is 1.82. The molecule has 1 N–H and O–H groups in total. The topological polar surface area (TPSA) is 46.5 Å². The van der Waals surface area contributed by atoms with Crippen molar-refractivity contribution >= 4 is 17.6 Å². The van der Waals surface area contributed by atoms with Crippen molar-refractivity contribution in [3.05, 3.63) is 82.4 Å². The van der Waals surface area contributed by atoms with E-state index in [0.717, 1.165) is 29.0 Å². The van der Waals surface area contributed by atoms with Gasteiger partial charge in [-0.3, -0.25) is 0 Å². The smallest absolute Gasteiger partial charge is 0.335 e. The van der Waals surface area contributed by atoms with Crippen molar-refractivity contribution < 1.29 is 14.6 Å². The van der Waals surface area contributed by atoms with E-state index in [-0.39, 0.29) is 29.6 Å². The maximum Gasteiger partial charge on any atom is 0.335 e. The number of carboxylic acids is 1. The molecule has 3 rings (SSSR count). The van der Waals surface area contributed by atoms with Crippen LogP contribution >= 0.6 is 11.6 Å². The summed E-state index contributed by atoms with van der Waals surface area (Å²) in [5.74, 6) is -0.468. The molecule has 142 valence electrons. The predicted molar refractivity (Wildman–Crippen MR) is 108 cm³/mol. The molecule has 2 aromatic carbocycles. The highest BCUT2D eigenvalue weighted by molar-refractivity contribution is 6.30. The molecule has 0 saturated carbocycles. The van der Waals surface area contributed by atoms with E-state index in [9.17, 15) is 4.79 Å². The fourth-order valence-corrected chi connectivity index (χ4v) is 4.08. The molecule has 0 amide bonds. The molecule has 4 heteroatoms. The van der Waals surface area contributed by atoms with Gasteiger partial charge in [-0.05, 0) is 55.2 Å². The van der Waals surface area contributed by atoms with Crippen molar-refractivity contribution in [2.45, 2.75) is 44.8 Å². The summed E-state index contributed by atoms with van der Waals surface area (Å²) in [6, 6.07) is 15.0. The van der Waals surface area contributed by atoms with Crippen molar-refractivity contribution in [2.75, 3.05) is 0 Å². The van der Waals surface area contributed by atoms with E-state index in [0.29, 0.717) is 0 Å². The molecule has 0 radical (unpaired) electrons. The van der Waals surface area contributed by atoms with Gasteiger partial charge in [-0.2, -0.15) is 0 Å². The Balaban J connectivity index is 1.91. The molecule has 0 bridgehead atoms. The Labute approximate surface area is 165 Å². The number of hydrogen-bond acceptors (Lipinski definition) is 2. The Morgan fingerprint density at radius 1 is 1.15 bits per heavy atom. The Kier molecular flexibility index (Phi) is 6.03. The molecule has 0 aliphatic carbocycles. The summed E-state index contributed by atoms with van der Waals surface area (Å²) in [5.41, 5.74) is 3.60. The summed E-state index contributed by atoms with van der Waals surface area (Å²) >= 11 is 6.05. The minimum Gasteiger partial charge on any atom is -0.478 e. The number of halogens is 1. The minimum absolute atomic E-state index is 0.0888. The third-order valence-corrected chi connectivity index (χ3v) is 5.72. The molecule has 2 aromatic rings. The van der Waals surface area contributed by atoms with Gasteiger partial charge in [0.1, 0.15) is 0 Å². The predicted octanol–water partition coefficient (Wildman–Crippen LogP) is 6.25. The summed E-state index contributed by atoms with van der Waals surface area (Å²) in [6.45, 7) is 8.38. The minimum atomic E-state index is -0.920. The largest absolute Gasteiger partial charge is 0.478 e. The highest BCUT2D eigenvalue weighted by atomic mass is 35.5. The molecule has 0 aromatic heterocycles. The maximum atomic E-state index is 11.1. The fourth-order valence-electron chi connectivity index (χ4n) is 3.95. The molecule has 1 aliphatic heterocycles. The molecule has 3 nitrogen and oxygen atoms in total. The second-order valence-electron chi connectivity index (χ2n) is 7.28. The van der Waals surface area contributed by atoms with E-state index in [1.165, 1.54) is 5.56 Å². The van der Waals surface area contributed by atoms with Crippen LogP contribution in [-0.2, 0) is 4.74 Å². The van der Waals surface area contributed by atoms with Gasteiger partial charge in [0.25, 0.3) is 0 Å². The van der Waals surface area contributed by atoms with Crippen molar-refractivity contribution in [2.24, 2.45) is 5.92 Å². The maximum absolute atomic E-state index is 11.1. The summed E-state index contributed by atoms with van der Waals surface area (Å²) in [5, 5.41) is 9.86. The molecule has 4 atom stereocenters. The van der Waals surface area contributed by atoms with E-state index < -0.39 is 5.97 Å². The molecule has 1 fully saturated rings. The molecule has 0 spiro atoms. The number of benzene rings is 2. The van der Waals surface area contributed by atoms with Crippen LogP contribution in [0.15, 0.2) is 60.7 Å². The van der Waals surface area contributed by atoms with Crippen LogP contribution in [0, 0.1) is 5.92 Å². The average molecular weight is 385 g/mol. The Bertz CT molecular complexity index is 811. The first kappa shape index (κ1) is 19.7. The molecule has 1 aliphatic rings. The van der Waals surface area contributed by atoms with Gasteiger partial charge >= 0.3 is 5.97 Å². The van der Waals surface area contributed by atoms with Crippen molar-refractivity contribution in [3.63, 3.8) is 0 Å². The summed E-state index contributed by atoms with van der Waals surface area (Å²) in [4.78, 5) is 11.1. The van der Waals surface area contributed by atoms with E-state index in [1.807, 2.05) is 31.2 Å². The van der Waals surface area contributed by atoms with Crippen molar-refractivity contribution in [1.29, 1.82) is 0 Å². The number of carboxylic acid groups (broad SMARTS) is 1. The zero-order valence-corrected chi connectivity index (χ0v) is 16.4. The first-order chi connectivity index (χ1) is 12.9. The zero-order chi connectivity index (χ0) is 19.6. The average Bonchev–Trinajstić information content (AvgIpc) is 2.67. The third-order valence-electron chi connectivity index (χ3n) is 5.46. The normalized spacial score (nSPS) is 25.1. The van der Waals surface area contributed by atoms with Gasteiger partial charge in [0.15, 0.2) is 0 Å². The molecule has 0 unspecified atom stereocenters. The summed E-state index contributed by atoms with van der Waals surface area (Å²) in [7, 11) is 0. The first-order valence-electron chi connectivity index (χ1n) is 9.30. The van der Waals surface area contributed by atoms with Crippen LogP contribution in [-0.4, -0.2) is 17.2 Å². The second kappa shape index (κ2) is 8.28. The fraction of sp³-hybridized carbons (Fsp3) is 0.348. The van der Waals surface area contributed by atoms with Crippen LogP contribution in [0.2, 0.25) is 5.02 Å². The van der Waals surface area contributed by atoms with Gasteiger partial charge in [-0.1, -0.05) is 54.9 Å². The lowest BCUT2D eigenvalue weighted by molar-refractivity contribution is -0.0902. The first-order valence-corrected chi connectivity index (χ1v) is 9.68. The number of hydrogen-bond donors (Lipinski definition) is 1. The van der Waals surface area contributed by atoms with E-state index in [2.05, 4.69) is 25.6 Å². The Morgan fingerprint density at radius 2 is 1.74 bits per heavy atom. The van der Waals surface area contributed by atoms with Crippen LogP contribution in [0.4, 0.5) is 0 Å². The number of rotatable bonds is 5. The quantitative estimate of drug-likeness (QED) is 0.619. The molecular weight excluding hydrogens is 360 g/mol. The molecule has 1 saturated heterocycles. The number of ether oxygens (including phenoxy) is 1. The lowest BCUT2D eigenvalue weighted by Crippen LogP contribution is -2.35. The van der Waals surface area contributed by atoms with Crippen molar-refractivity contribution in [1.82, 2.24) is 0 Å². The van der Waals surface area contributed by atoms with Crippen LogP contribution in [0.25, 0.3) is 0 Å². The van der Waals surface area contributed by atoms with Gasteiger partial charge in [0, 0.05) is 16.9 Å². The Hall–Kier alpha value is -2.10. The van der Waals surface area contributed by atoms with E-state index in [4.69, 9.17) is 21.4 Å². The molecule has 27 heavy (non-hydrogen) atoms. The standard InChI is InChI=1S/C23H25ClO3/c1-4-21-20(15-9-11-18(24)12-10-15)13-19(14(2)3)22(27-21)16-5-7-17(8-6-16)23(25)26/h5-12,19-22H,2,4,13H2,1,3H3,(H,25,26)/t19-,20+,21+,22-/m1/s1. The SMILES string of the molecule is C=C(C)[C@H]1C[C@@H](c2ccc(Cl)cc2)[C@H](CC)O[C@@H]1c1ccc(C(=O)O)cc1. The van der Waals surface area contributed by atoms with Crippen LogP contribution < -0.4 is 0 Å². The van der Waals surface area contributed by atoms with Gasteiger partial charge in [-0.25, -0.2) is 4.79 Å². The van der Waals surface area contributed by atoms with Gasteiger partial charge in [0.2, 0.25) is 0 Å². The van der Waals surface area contributed by atoms with Crippen LogP contribution in [0.3, 0.4) is 0 Å². The lowest BCUT2D eigenvalue weighted by Gasteiger charge is -2.42. The van der Waals surface area contributed by atoms with E-state index >= 15 is 0 Å². The van der Waals surface area contributed by atoms with Gasteiger partial charge < -0.3 is 9.84 Å². The molecule has 1 heterocycles. The van der Waals surface area contributed by atoms with Crippen LogP contribution in [0.5, 0.6) is 0 Å². The second-order valence-corrected chi connectivity index (χ2v) is 7.71. The lowest BCUT2D eigenvalue weighted by atomic mass is 9.75. The van der Waals surface area contributed by atoms with Crippen LogP contribution in [0.1, 0.15) is 60.2 Å². The number of carbonyl (C=O) groups is 1. The number of aromatic carboxylic acids is 1. The summed E-state index contributed by atoms with van der Waals surface area (Å²) < 4.78 is 6.55. The zero-order valence-electron chi connectivity index (χ0n) is 15.7. The highest BCUT2D eigenvalue weighted by Crippen LogP contribution is 2.47. The van der Waals surface area contributed by atoms with E-state index in [1.54, 1.807) is 12.1 Å². The van der Waals surface area contributed by atoms with Gasteiger partial charge in [0.05, 0.1) is 17.8 Å². The van der Waals surface area contributed by atoms with Gasteiger partial charge in [-0.15, -0.1) is 0 Å². The highest BCUT2D eigenvalue weighted by Gasteiger charge is 2.39. The monoisotopic (exact) mass is 384 g/mol. The molecular formula is C23H25ClO3.